The zero-order valence-corrected chi connectivity index (χ0v) is 26.7. The Morgan fingerprint density at radius 1 is 0.911 bits per heavy atom. The molecule has 1 aliphatic rings. The monoisotopic (exact) mass is 613 g/mol. The molecule has 3 aromatic carbocycles. The molecule has 1 fully saturated rings. The Balaban J connectivity index is 1.41. The van der Waals surface area contributed by atoms with E-state index in [1.54, 1.807) is 0 Å². The summed E-state index contributed by atoms with van der Waals surface area (Å²) in [7, 11) is 0. The van der Waals surface area contributed by atoms with Gasteiger partial charge in [-0.3, -0.25) is 9.59 Å². The molecule has 0 aliphatic carbocycles. The lowest BCUT2D eigenvalue weighted by molar-refractivity contribution is -0.155. The molecule has 2 N–H and O–H groups in total. The van der Waals surface area contributed by atoms with Gasteiger partial charge in [0, 0.05) is 38.0 Å². The highest BCUT2D eigenvalue weighted by molar-refractivity contribution is 5.82. The van der Waals surface area contributed by atoms with Crippen molar-refractivity contribution in [1.29, 1.82) is 0 Å². The summed E-state index contributed by atoms with van der Waals surface area (Å²) in [5.74, 6) is -0.172. The molecule has 8 heteroatoms. The Hall–Kier alpha value is -4.17. The van der Waals surface area contributed by atoms with E-state index in [0.717, 1.165) is 23.1 Å². The van der Waals surface area contributed by atoms with Gasteiger partial charge >= 0.3 is 12.1 Å². The summed E-state index contributed by atoms with van der Waals surface area (Å²) in [6, 6.07) is 29.7. The summed E-state index contributed by atoms with van der Waals surface area (Å²) >= 11 is 0. The molecule has 0 saturated carbocycles. The molecule has 2 atom stereocenters. The van der Waals surface area contributed by atoms with Crippen LogP contribution in [0.1, 0.15) is 75.5 Å². The van der Waals surface area contributed by atoms with Gasteiger partial charge < -0.3 is 25.0 Å². The van der Waals surface area contributed by atoms with Crippen LogP contribution in [-0.4, -0.2) is 60.2 Å². The first-order chi connectivity index (χ1) is 21.7. The highest BCUT2D eigenvalue weighted by Crippen LogP contribution is 2.27. The van der Waals surface area contributed by atoms with Gasteiger partial charge in [-0.2, -0.15) is 0 Å². The first kappa shape index (κ1) is 33.7. The smallest absolute Gasteiger partial charge is 0.407 e. The van der Waals surface area contributed by atoms with E-state index < -0.39 is 17.7 Å². The number of alkyl carbamates (subject to hydrolysis) is 1. The van der Waals surface area contributed by atoms with Crippen LogP contribution in [0.4, 0.5) is 4.79 Å². The van der Waals surface area contributed by atoms with Crippen molar-refractivity contribution >= 4 is 18.0 Å². The highest BCUT2D eigenvalue weighted by atomic mass is 16.6. The van der Waals surface area contributed by atoms with E-state index in [4.69, 9.17) is 9.47 Å². The van der Waals surface area contributed by atoms with Crippen molar-refractivity contribution in [3.05, 3.63) is 108 Å². The van der Waals surface area contributed by atoms with Crippen LogP contribution in [0.25, 0.3) is 0 Å². The van der Waals surface area contributed by atoms with Crippen molar-refractivity contribution < 1.29 is 23.9 Å². The molecular formula is C37H47N3O5. The number of nitrogens with one attached hydrogen (secondary N) is 2. The van der Waals surface area contributed by atoms with Crippen molar-refractivity contribution in [2.45, 2.75) is 83.1 Å². The molecule has 4 rings (SSSR count). The number of carbonyl (C=O) groups is 3. The van der Waals surface area contributed by atoms with Crippen molar-refractivity contribution in [2.75, 3.05) is 19.6 Å². The average Bonchev–Trinajstić information content (AvgIpc) is 3.18. The predicted molar refractivity (Wildman–Crippen MR) is 176 cm³/mol. The molecular weight excluding hydrogens is 566 g/mol. The van der Waals surface area contributed by atoms with Crippen LogP contribution >= 0.6 is 0 Å². The Morgan fingerprint density at radius 2 is 1.51 bits per heavy atom. The van der Waals surface area contributed by atoms with Gasteiger partial charge in [-0.1, -0.05) is 91.0 Å². The largest absolute Gasteiger partial charge is 0.460 e. The number of ether oxygens (including phenoxy) is 2. The number of esters is 1. The molecule has 2 amide bonds. The van der Waals surface area contributed by atoms with Gasteiger partial charge in [0.25, 0.3) is 0 Å². The third kappa shape index (κ3) is 11.4. The van der Waals surface area contributed by atoms with Gasteiger partial charge in [-0.25, -0.2) is 4.79 Å². The number of rotatable bonds is 13. The van der Waals surface area contributed by atoms with E-state index in [-0.39, 0.29) is 36.9 Å². The minimum Gasteiger partial charge on any atom is -0.460 e. The van der Waals surface area contributed by atoms with Gasteiger partial charge in [0.1, 0.15) is 12.2 Å². The SMILES string of the molecule is CC(C)(C)OC(=O)CC[C@@H]1CCN(CC(c2ccccc2)c2ccccc2)C(=O)[C@H](CCCNC(=O)OCc2ccccc2)N1. The second-order valence-electron chi connectivity index (χ2n) is 12.6. The normalized spacial score (nSPS) is 17.1. The molecule has 1 aliphatic heterocycles. The summed E-state index contributed by atoms with van der Waals surface area (Å²) in [6.45, 7) is 7.32. The fourth-order valence-corrected chi connectivity index (χ4v) is 5.65. The lowest BCUT2D eigenvalue weighted by Gasteiger charge is -2.29. The van der Waals surface area contributed by atoms with Crippen molar-refractivity contribution in [2.24, 2.45) is 0 Å². The third-order valence-corrected chi connectivity index (χ3v) is 7.87. The van der Waals surface area contributed by atoms with Crippen molar-refractivity contribution in [1.82, 2.24) is 15.5 Å². The minimum absolute atomic E-state index is 0.0211. The van der Waals surface area contributed by atoms with Gasteiger partial charge in [0.05, 0.1) is 6.04 Å². The van der Waals surface area contributed by atoms with Crippen LogP contribution in [0.5, 0.6) is 0 Å². The summed E-state index contributed by atoms with van der Waals surface area (Å²) in [6.07, 6.45) is 2.24. The van der Waals surface area contributed by atoms with E-state index in [1.807, 2.05) is 92.4 Å². The molecule has 240 valence electrons. The van der Waals surface area contributed by atoms with Crippen LogP contribution in [0.3, 0.4) is 0 Å². The standard InChI is InChI=1S/C37H47N3O5/c1-37(2,3)45-34(41)22-21-31-23-25-40(26-32(29-16-9-5-10-17-29)30-18-11-6-12-19-30)35(42)33(39-31)20-13-24-38-36(43)44-27-28-14-7-4-8-15-28/h4-12,14-19,31-33,39H,13,20-27H2,1-3H3,(H,38,43)/t31-,33+/m1/s1. The summed E-state index contributed by atoms with van der Waals surface area (Å²) in [5.41, 5.74) is 2.69. The molecule has 0 radical (unpaired) electrons. The number of hydrogen-bond acceptors (Lipinski definition) is 6. The number of benzene rings is 3. The van der Waals surface area contributed by atoms with E-state index in [2.05, 4.69) is 34.9 Å². The van der Waals surface area contributed by atoms with Crippen LogP contribution in [0, 0.1) is 0 Å². The Morgan fingerprint density at radius 3 is 2.11 bits per heavy atom. The van der Waals surface area contributed by atoms with Crippen LogP contribution in [-0.2, 0) is 25.7 Å². The van der Waals surface area contributed by atoms with Crippen LogP contribution < -0.4 is 10.6 Å². The fourth-order valence-electron chi connectivity index (χ4n) is 5.65. The lowest BCUT2D eigenvalue weighted by Crippen LogP contribution is -2.47. The van der Waals surface area contributed by atoms with Crippen molar-refractivity contribution in [3.8, 4) is 0 Å². The summed E-state index contributed by atoms with van der Waals surface area (Å²) in [5, 5.41) is 6.37. The van der Waals surface area contributed by atoms with Gasteiger partial charge in [-0.15, -0.1) is 0 Å². The average molecular weight is 614 g/mol. The molecule has 0 spiro atoms. The zero-order valence-electron chi connectivity index (χ0n) is 26.7. The fraction of sp³-hybridized carbons (Fsp3) is 0.432. The number of carbonyl (C=O) groups excluding carboxylic acids is 3. The van der Waals surface area contributed by atoms with E-state index in [9.17, 15) is 14.4 Å². The van der Waals surface area contributed by atoms with Gasteiger partial charge in [-0.05, 0) is 63.1 Å². The molecule has 0 unspecified atom stereocenters. The number of hydrogen-bond donors (Lipinski definition) is 2. The van der Waals surface area contributed by atoms with E-state index in [1.165, 1.54) is 0 Å². The number of nitrogens with zero attached hydrogens (tertiary/aromatic N) is 1. The van der Waals surface area contributed by atoms with Gasteiger partial charge in [0.15, 0.2) is 0 Å². The second kappa shape index (κ2) is 16.8. The Labute approximate surface area is 267 Å². The number of amides is 2. The molecule has 1 saturated heterocycles. The maximum absolute atomic E-state index is 14.1. The quantitative estimate of drug-likeness (QED) is 0.176. The maximum Gasteiger partial charge on any atom is 0.407 e. The van der Waals surface area contributed by atoms with Gasteiger partial charge in [0.2, 0.25) is 5.91 Å². The highest BCUT2D eigenvalue weighted by Gasteiger charge is 2.33. The predicted octanol–water partition coefficient (Wildman–Crippen LogP) is 6.21. The van der Waals surface area contributed by atoms with Crippen LogP contribution in [0.2, 0.25) is 0 Å². The molecule has 1 heterocycles. The maximum atomic E-state index is 14.1. The minimum atomic E-state index is -0.539. The Bertz CT molecular complexity index is 1310. The van der Waals surface area contributed by atoms with Crippen LogP contribution in [0.15, 0.2) is 91.0 Å². The lowest BCUT2D eigenvalue weighted by atomic mass is 9.90. The van der Waals surface area contributed by atoms with Crippen molar-refractivity contribution in [3.63, 3.8) is 0 Å². The zero-order chi connectivity index (χ0) is 32.1. The molecule has 45 heavy (non-hydrogen) atoms. The molecule has 3 aromatic rings. The first-order valence-electron chi connectivity index (χ1n) is 16.0. The molecule has 0 bridgehead atoms. The molecule has 8 nitrogen and oxygen atoms in total. The first-order valence-corrected chi connectivity index (χ1v) is 16.0. The summed E-state index contributed by atoms with van der Waals surface area (Å²) in [4.78, 5) is 40.8. The molecule has 0 aromatic heterocycles. The summed E-state index contributed by atoms with van der Waals surface area (Å²) < 4.78 is 10.9. The van der Waals surface area contributed by atoms with E-state index >= 15 is 0 Å². The second-order valence-corrected chi connectivity index (χ2v) is 12.6. The van der Waals surface area contributed by atoms with E-state index in [0.29, 0.717) is 38.9 Å². The topological polar surface area (TPSA) is 97.0 Å². The Kier molecular flexibility index (Phi) is 12.6. The third-order valence-electron chi connectivity index (χ3n) is 7.87.